The van der Waals surface area contributed by atoms with Crippen LogP contribution in [0.4, 0.5) is 0 Å². The van der Waals surface area contributed by atoms with Gasteiger partial charge in [0.1, 0.15) is 6.61 Å². The van der Waals surface area contributed by atoms with Crippen LogP contribution in [-0.2, 0) is 0 Å². The Bertz CT molecular complexity index is 503. The maximum absolute atomic E-state index is 12.0. The second-order valence-corrected chi connectivity index (χ2v) is 5.43. The molecule has 0 aliphatic heterocycles. The van der Waals surface area contributed by atoms with Gasteiger partial charge in [-0.2, -0.15) is 11.8 Å². The summed E-state index contributed by atoms with van der Waals surface area (Å²) in [6, 6.07) is 5.45. The maximum atomic E-state index is 12.0. The zero-order valence-electron chi connectivity index (χ0n) is 12.0. The summed E-state index contributed by atoms with van der Waals surface area (Å²) in [5.74, 6) is 6.53. The van der Waals surface area contributed by atoms with E-state index in [0.717, 1.165) is 29.7 Å². The van der Waals surface area contributed by atoms with Crippen molar-refractivity contribution in [2.24, 2.45) is 0 Å². The molecule has 0 saturated heterocycles. The normalized spacial score (nSPS) is 9.75. The first-order valence-electron chi connectivity index (χ1n) is 6.66. The van der Waals surface area contributed by atoms with Crippen molar-refractivity contribution in [2.75, 3.05) is 25.2 Å². The second kappa shape index (κ2) is 9.46. The van der Waals surface area contributed by atoms with Crippen LogP contribution in [0, 0.1) is 18.8 Å². The fourth-order valence-corrected chi connectivity index (χ4v) is 2.20. The van der Waals surface area contributed by atoms with Crippen molar-refractivity contribution in [1.29, 1.82) is 0 Å². The highest BCUT2D eigenvalue weighted by Gasteiger charge is 2.06. The number of carbonyl (C=O) groups excluding carboxylic acids is 1. The highest BCUT2D eigenvalue weighted by atomic mass is 32.2. The number of nitrogens with one attached hydrogen (secondary N) is 1. The van der Waals surface area contributed by atoms with Crippen LogP contribution in [0.25, 0.3) is 0 Å². The average Bonchev–Trinajstić information content (AvgIpc) is 2.46. The molecule has 0 saturated carbocycles. The van der Waals surface area contributed by atoms with Gasteiger partial charge in [0.15, 0.2) is 0 Å². The van der Waals surface area contributed by atoms with E-state index in [9.17, 15) is 4.79 Å². The summed E-state index contributed by atoms with van der Waals surface area (Å²) in [7, 11) is 0. The van der Waals surface area contributed by atoms with E-state index < -0.39 is 0 Å². The van der Waals surface area contributed by atoms with Crippen LogP contribution in [0.15, 0.2) is 18.2 Å². The lowest BCUT2D eigenvalue weighted by molar-refractivity contribution is 0.0953. The lowest BCUT2D eigenvalue weighted by Gasteiger charge is -2.06. The molecule has 0 aliphatic rings. The number of amides is 1. The molecule has 2 N–H and O–H groups in total. The van der Waals surface area contributed by atoms with E-state index in [4.69, 9.17) is 5.11 Å². The van der Waals surface area contributed by atoms with Crippen LogP contribution in [0.2, 0.25) is 0 Å². The lowest BCUT2D eigenvalue weighted by atomic mass is 10.0. The molecule has 1 rings (SSSR count). The maximum Gasteiger partial charge on any atom is 0.251 e. The smallest absolute Gasteiger partial charge is 0.251 e. The minimum atomic E-state index is -0.175. The number of unbranched alkanes of at least 4 members (excludes halogenated alkanes) is 1. The number of aliphatic hydroxyl groups is 1. The summed E-state index contributed by atoms with van der Waals surface area (Å²) in [6.45, 7) is 2.46. The number of carbonyl (C=O) groups is 1. The second-order valence-electron chi connectivity index (χ2n) is 4.45. The average molecular weight is 291 g/mol. The summed E-state index contributed by atoms with van der Waals surface area (Å²) in [6.07, 6.45) is 4.19. The van der Waals surface area contributed by atoms with E-state index in [-0.39, 0.29) is 12.5 Å². The molecule has 0 spiro atoms. The standard InChI is InChI=1S/C16H21NO2S/c1-13-7-8-15(12-14(13)6-5-10-18)16(19)17-9-3-4-11-20-2/h7-8,12,18H,3-4,9-11H2,1-2H3,(H,17,19). The quantitative estimate of drug-likeness (QED) is 0.624. The highest BCUT2D eigenvalue weighted by molar-refractivity contribution is 7.98. The van der Waals surface area contributed by atoms with E-state index in [0.29, 0.717) is 12.1 Å². The molecule has 0 fully saturated rings. The van der Waals surface area contributed by atoms with E-state index in [2.05, 4.69) is 23.4 Å². The number of aryl methyl sites for hydroxylation is 1. The minimum absolute atomic E-state index is 0.0683. The summed E-state index contributed by atoms with van der Waals surface area (Å²) >= 11 is 1.82. The first-order chi connectivity index (χ1) is 9.69. The van der Waals surface area contributed by atoms with Gasteiger partial charge in [0.05, 0.1) is 0 Å². The summed E-state index contributed by atoms with van der Waals surface area (Å²) < 4.78 is 0. The van der Waals surface area contributed by atoms with Gasteiger partial charge in [-0.15, -0.1) is 0 Å². The molecule has 0 bridgehead atoms. The number of thioether (sulfide) groups is 1. The van der Waals surface area contributed by atoms with E-state index in [1.165, 1.54) is 0 Å². The zero-order chi connectivity index (χ0) is 14.8. The Hall–Kier alpha value is -1.44. The van der Waals surface area contributed by atoms with Crippen LogP contribution in [0.5, 0.6) is 0 Å². The molecule has 108 valence electrons. The van der Waals surface area contributed by atoms with Crippen molar-refractivity contribution in [1.82, 2.24) is 5.32 Å². The molecule has 0 atom stereocenters. The zero-order valence-corrected chi connectivity index (χ0v) is 12.8. The number of rotatable bonds is 6. The molecule has 4 heteroatoms. The van der Waals surface area contributed by atoms with Gasteiger partial charge in [-0.25, -0.2) is 0 Å². The molecule has 3 nitrogen and oxygen atoms in total. The van der Waals surface area contributed by atoms with Crippen LogP contribution in [-0.4, -0.2) is 36.2 Å². The predicted molar refractivity (Wildman–Crippen MR) is 85.1 cm³/mol. The molecule has 1 aromatic carbocycles. The highest BCUT2D eigenvalue weighted by Crippen LogP contribution is 2.10. The van der Waals surface area contributed by atoms with Crippen molar-refractivity contribution in [2.45, 2.75) is 19.8 Å². The van der Waals surface area contributed by atoms with Gasteiger partial charge in [0.25, 0.3) is 5.91 Å². The third-order valence-electron chi connectivity index (χ3n) is 2.86. The Labute approximate surface area is 125 Å². The van der Waals surface area contributed by atoms with Gasteiger partial charge in [0, 0.05) is 17.7 Å². The number of benzene rings is 1. The molecule has 1 amide bonds. The molecular formula is C16H21NO2S. The molecule has 20 heavy (non-hydrogen) atoms. The minimum Gasteiger partial charge on any atom is -0.384 e. The Balaban J connectivity index is 2.60. The van der Waals surface area contributed by atoms with E-state index in [1.807, 2.05) is 24.8 Å². The third kappa shape index (κ3) is 5.68. The molecule has 0 aliphatic carbocycles. The molecule has 0 unspecified atom stereocenters. The van der Waals surface area contributed by atoms with Crippen LogP contribution >= 0.6 is 11.8 Å². The van der Waals surface area contributed by atoms with Crippen molar-refractivity contribution < 1.29 is 9.90 Å². The first kappa shape index (κ1) is 16.6. The van der Waals surface area contributed by atoms with Gasteiger partial charge in [-0.1, -0.05) is 17.9 Å². The summed E-state index contributed by atoms with van der Waals surface area (Å²) in [5.41, 5.74) is 2.40. The Morgan fingerprint density at radius 2 is 2.20 bits per heavy atom. The Kier molecular flexibility index (Phi) is 7.86. The first-order valence-corrected chi connectivity index (χ1v) is 8.06. The van der Waals surface area contributed by atoms with Gasteiger partial charge in [0.2, 0.25) is 0 Å². The van der Waals surface area contributed by atoms with Gasteiger partial charge >= 0.3 is 0 Å². The summed E-state index contributed by atoms with van der Waals surface area (Å²) in [5, 5.41) is 11.6. The topological polar surface area (TPSA) is 49.3 Å². The SMILES string of the molecule is CSCCCCNC(=O)c1ccc(C)c(C#CCO)c1. The predicted octanol–water partition coefficient (Wildman–Crippen LogP) is 2.21. The molecule has 0 heterocycles. The van der Waals surface area contributed by atoms with Gasteiger partial charge in [-0.05, 0) is 49.5 Å². The molecule has 1 aromatic rings. The largest absolute Gasteiger partial charge is 0.384 e. The Morgan fingerprint density at radius 3 is 2.90 bits per heavy atom. The van der Waals surface area contributed by atoms with Crippen LogP contribution < -0.4 is 5.32 Å². The Morgan fingerprint density at radius 1 is 1.40 bits per heavy atom. The van der Waals surface area contributed by atoms with Crippen LogP contribution in [0.3, 0.4) is 0 Å². The molecular weight excluding hydrogens is 270 g/mol. The molecule has 0 aromatic heterocycles. The fourth-order valence-electron chi connectivity index (χ4n) is 1.71. The number of hydrogen-bond donors (Lipinski definition) is 2. The van der Waals surface area contributed by atoms with E-state index in [1.54, 1.807) is 12.1 Å². The summed E-state index contributed by atoms with van der Waals surface area (Å²) in [4.78, 5) is 12.0. The van der Waals surface area contributed by atoms with Gasteiger partial charge < -0.3 is 10.4 Å². The van der Waals surface area contributed by atoms with Crippen molar-refractivity contribution in [3.63, 3.8) is 0 Å². The van der Waals surface area contributed by atoms with Crippen molar-refractivity contribution in [3.8, 4) is 11.8 Å². The third-order valence-corrected chi connectivity index (χ3v) is 3.56. The van der Waals surface area contributed by atoms with Crippen molar-refractivity contribution >= 4 is 17.7 Å². The number of hydrogen-bond acceptors (Lipinski definition) is 3. The number of aliphatic hydroxyl groups excluding tert-OH is 1. The monoisotopic (exact) mass is 291 g/mol. The lowest BCUT2D eigenvalue weighted by Crippen LogP contribution is -2.24. The fraction of sp³-hybridized carbons (Fsp3) is 0.438. The van der Waals surface area contributed by atoms with Crippen LogP contribution in [0.1, 0.15) is 34.3 Å². The van der Waals surface area contributed by atoms with Gasteiger partial charge in [-0.3, -0.25) is 4.79 Å². The van der Waals surface area contributed by atoms with Crippen molar-refractivity contribution in [3.05, 3.63) is 34.9 Å². The van der Waals surface area contributed by atoms with E-state index >= 15 is 0 Å². The molecule has 0 radical (unpaired) electrons.